The van der Waals surface area contributed by atoms with Gasteiger partial charge < -0.3 is 5.32 Å². The van der Waals surface area contributed by atoms with E-state index < -0.39 is 5.54 Å². The Morgan fingerprint density at radius 2 is 1.83 bits per heavy atom. The maximum absolute atomic E-state index is 14.0. The quantitative estimate of drug-likeness (QED) is 0.367. The molecule has 0 bridgehead atoms. The van der Waals surface area contributed by atoms with Crippen molar-refractivity contribution in [2.45, 2.75) is 52.1 Å². The van der Waals surface area contributed by atoms with Crippen molar-refractivity contribution in [1.82, 2.24) is 5.32 Å². The molecule has 0 fully saturated rings. The minimum absolute atomic E-state index is 0.0411. The van der Waals surface area contributed by atoms with E-state index in [0.717, 1.165) is 52.7 Å². The molecule has 182 valence electrons. The topological polar surface area (TPSA) is 44.7 Å². The van der Waals surface area contributed by atoms with Gasteiger partial charge in [0.1, 0.15) is 5.54 Å². The van der Waals surface area contributed by atoms with Crippen LogP contribution in [0.1, 0.15) is 49.8 Å². The highest BCUT2D eigenvalue weighted by Crippen LogP contribution is 2.41. The Balaban J connectivity index is 1.72. The predicted molar refractivity (Wildman–Crippen MR) is 151 cm³/mol. The highest BCUT2D eigenvalue weighted by molar-refractivity contribution is 7.27. The summed E-state index contributed by atoms with van der Waals surface area (Å²) in [5.41, 5.74) is 4.05. The largest absolute Gasteiger partial charge is 0.350 e. The minimum atomic E-state index is -0.875. The molecule has 1 heterocycles. The molecular weight excluding hydrogens is 473 g/mol. The zero-order valence-electron chi connectivity index (χ0n) is 20.6. The number of nitrogens with one attached hydrogen (secondary N) is 1. The second-order valence-electron chi connectivity index (χ2n) is 9.36. The van der Waals surface area contributed by atoms with Crippen molar-refractivity contribution in [1.29, 1.82) is 0 Å². The van der Waals surface area contributed by atoms with E-state index in [1.165, 1.54) is 0 Å². The van der Waals surface area contributed by atoms with Crippen LogP contribution in [0.15, 0.2) is 77.9 Å². The SMILES string of the molecule is CCCCC1C(c2ccc(P)cc2)=NN(c2ccccc2)C1(C)C(=O)NCc1ccc(C)c(Cl)c1. The number of rotatable bonds is 8. The van der Waals surface area contributed by atoms with Gasteiger partial charge in [0.25, 0.3) is 0 Å². The summed E-state index contributed by atoms with van der Waals surface area (Å²) in [5, 5.41) is 12.1. The summed E-state index contributed by atoms with van der Waals surface area (Å²) < 4.78 is 0. The average Bonchev–Trinajstić information content (AvgIpc) is 3.17. The lowest BCUT2D eigenvalue weighted by Gasteiger charge is -2.37. The Morgan fingerprint density at radius 1 is 1.11 bits per heavy atom. The number of anilines is 1. The summed E-state index contributed by atoms with van der Waals surface area (Å²) in [6, 6.07) is 24.2. The Morgan fingerprint density at radius 3 is 2.49 bits per heavy atom. The summed E-state index contributed by atoms with van der Waals surface area (Å²) in [5.74, 6) is -0.0970. The van der Waals surface area contributed by atoms with Crippen LogP contribution in [0, 0.1) is 12.8 Å². The molecular formula is C29H33ClN3OP. The van der Waals surface area contributed by atoms with Crippen molar-refractivity contribution in [3.05, 3.63) is 94.5 Å². The van der Waals surface area contributed by atoms with E-state index in [1.807, 2.05) is 67.4 Å². The molecule has 0 radical (unpaired) electrons. The number of carbonyl (C=O) groups excluding carboxylic acids is 1. The van der Waals surface area contributed by atoms with Gasteiger partial charge in [-0.1, -0.05) is 86.0 Å². The summed E-state index contributed by atoms with van der Waals surface area (Å²) in [4.78, 5) is 14.0. The predicted octanol–water partition coefficient (Wildman–Crippen LogP) is 6.25. The van der Waals surface area contributed by atoms with Crippen LogP contribution in [0.2, 0.25) is 5.02 Å². The smallest absolute Gasteiger partial charge is 0.248 e. The molecule has 1 N–H and O–H groups in total. The first-order chi connectivity index (χ1) is 16.8. The molecule has 0 aromatic heterocycles. The number of unbranched alkanes of at least 4 members (excludes halogenated alkanes) is 1. The Hall–Kier alpha value is -2.68. The monoisotopic (exact) mass is 505 g/mol. The first-order valence-electron chi connectivity index (χ1n) is 12.2. The Kier molecular flexibility index (Phi) is 7.94. The van der Waals surface area contributed by atoms with Gasteiger partial charge in [0.15, 0.2) is 0 Å². The summed E-state index contributed by atoms with van der Waals surface area (Å²) in [6.45, 7) is 6.60. The van der Waals surface area contributed by atoms with Crippen molar-refractivity contribution in [2.24, 2.45) is 11.0 Å². The minimum Gasteiger partial charge on any atom is -0.350 e. The molecule has 0 saturated heterocycles. The van der Waals surface area contributed by atoms with Crippen molar-refractivity contribution in [3.63, 3.8) is 0 Å². The summed E-state index contributed by atoms with van der Waals surface area (Å²) in [7, 11) is 2.73. The molecule has 3 aromatic rings. The number of hydrogen-bond donors (Lipinski definition) is 1. The van der Waals surface area contributed by atoms with Crippen molar-refractivity contribution in [2.75, 3.05) is 5.01 Å². The molecule has 3 unspecified atom stereocenters. The van der Waals surface area contributed by atoms with E-state index in [2.05, 4.69) is 45.7 Å². The lowest BCUT2D eigenvalue weighted by Crippen LogP contribution is -2.57. The van der Waals surface area contributed by atoms with Crippen molar-refractivity contribution < 1.29 is 4.79 Å². The molecule has 35 heavy (non-hydrogen) atoms. The molecule has 4 rings (SSSR count). The van der Waals surface area contributed by atoms with E-state index >= 15 is 0 Å². The fourth-order valence-corrected chi connectivity index (χ4v) is 5.09. The zero-order valence-corrected chi connectivity index (χ0v) is 22.5. The van der Waals surface area contributed by atoms with E-state index in [0.29, 0.717) is 11.6 Å². The molecule has 4 nitrogen and oxygen atoms in total. The van der Waals surface area contributed by atoms with Crippen LogP contribution in [0.25, 0.3) is 0 Å². The maximum atomic E-state index is 14.0. The number of halogens is 1. The number of amides is 1. The number of hydrogen-bond acceptors (Lipinski definition) is 3. The van der Waals surface area contributed by atoms with Crippen molar-refractivity contribution >= 4 is 43.5 Å². The van der Waals surface area contributed by atoms with Gasteiger partial charge in [-0.05, 0) is 60.5 Å². The fourth-order valence-electron chi connectivity index (χ4n) is 4.69. The molecule has 0 aliphatic carbocycles. The normalized spacial score (nSPS) is 19.5. The van der Waals surface area contributed by atoms with E-state index in [9.17, 15) is 4.79 Å². The van der Waals surface area contributed by atoms with E-state index in [4.69, 9.17) is 16.7 Å². The van der Waals surface area contributed by atoms with E-state index in [1.54, 1.807) is 0 Å². The van der Waals surface area contributed by atoms with E-state index in [-0.39, 0.29) is 11.8 Å². The lowest BCUT2D eigenvalue weighted by molar-refractivity contribution is -0.127. The van der Waals surface area contributed by atoms with Crippen molar-refractivity contribution in [3.8, 4) is 0 Å². The zero-order chi connectivity index (χ0) is 25.0. The third-order valence-electron chi connectivity index (χ3n) is 6.86. The number of hydrazone groups is 1. The molecule has 6 heteroatoms. The molecule has 1 aliphatic rings. The van der Waals surface area contributed by atoms with Crippen LogP contribution in [-0.4, -0.2) is 17.2 Å². The first-order valence-corrected chi connectivity index (χ1v) is 13.1. The molecule has 1 amide bonds. The van der Waals surface area contributed by atoms with Crippen LogP contribution in [0.4, 0.5) is 5.69 Å². The second-order valence-corrected chi connectivity index (χ2v) is 10.4. The lowest BCUT2D eigenvalue weighted by atomic mass is 9.77. The molecule has 3 atom stereocenters. The van der Waals surface area contributed by atoms with Gasteiger partial charge in [0.05, 0.1) is 11.4 Å². The number of nitrogens with zero attached hydrogens (tertiary/aromatic N) is 2. The van der Waals surface area contributed by atoms with Gasteiger partial charge in [-0.2, -0.15) is 5.10 Å². The third-order valence-corrected chi connectivity index (χ3v) is 7.65. The molecule has 3 aromatic carbocycles. The van der Waals surface area contributed by atoms with Gasteiger partial charge in [-0.3, -0.25) is 4.79 Å². The van der Waals surface area contributed by atoms with Gasteiger partial charge in [-0.15, -0.1) is 9.24 Å². The van der Waals surface area contributed by atoms with Crippen LogP contribution in [0.3, 0.4) is 0 Å². The number of benzene rings is 3. The van der Waals surface area contributed by atoms with Crippen LogP contribution in [0.5, 0.6) is 0 Å². The number of aryl methyl sites for hydroxylation is 1. The third kappa shape index (κ3) is 5.29. The van der Waals surface area contributed by atoms with Gasteiger partial charge in [0.2, 0.25) is 5.91 Å². The maximum Gasteiger partial charge on any atom is 0.248 e. The van der Waals surface area contributed by atoms with Crippen LogP contribution < -0.4 is 15.6 Å². The number of para-hydroxylation sites is 1. The fraction of sp³-hybridized carbons (Fsp3) is 0.310. The van der Waals surface area contributed by atoms with Gasteiger partial charge in [-0.25, -0.2) is 5.01 Å². The Bertz CT molecular complexity index is 1210. The van der Waals surface area contributed by atoms with Crippen LogP contribution >= 0.6 is 20.8 Å². The highest BCUT2D eigenvalue weighted by Gasteiger charge is 2.53. The average molecular weight is 506 g/mol. The molecule has 0 spiro atoms. The second kappa shape index (κ2) is 10.9. The van der Waals surface area contributed by atoms with Crippen LogP contribution in [-0.2, 0) is 11.3 Å². The summed E-state index contributed by atoms with van der Waals surface area (Å²) in [6.07, 6.45) is 2.95. The highest BCUT2D eigenvalue weighted by atomic mass is 35.5. The molecule has 1 aliphatic heterocycles. The number of carbonyl (C=O) groups is 1. The Labute approximate surface area is 216 Å². The summed E-state index contributed by atoms with van der Waals surface area (Å²) >= 11 is 6.32. The molecule has 0 saturated carbocycles. The first kappa shape index (κ1) is 25.4. The standard InChI is InChI=1S/C29H33ClN3OP/c1-4-5-11-25-27(22-14-16-24(35)17-15-22)32-33(23-9-7-6-8-10-23)29(25,3)28(34)31-19-21-13-12-20(2)26(30)18-21/h6-10,12-18,25H,4-5,11,19,35H2,1-3H3,(H,31,34). The van der Waals surface area contributed by atoms with Gasteiger partial charge in [0, 0.05) is 17.5 Å². The van der Waals surface area contributed by atoms with Gasteiger partial charge >= 0.3 is 0 Å².